The van der Waals surface area contributed by atoms with Gasteiger partial charge in [-0.3, -0.25) is 9.79 Å². The van der Waals surface area contributed by atoms with E-state index in [2.05, 4.69) is 15.6 Å². The van der Waals surface area contributed by atoms with E-state index < -0.39 is 5.91 Å². The van der Waals surface area contributed by atoms with Gasteiger partial charge in [-0.2, -0.15) is 0 Å². The summed E-state index contributed by atoms with van der Waals surface area (Å²) in [6, 6.07) is 13.6. The van der Waals surface area contributed by atoms with Gasteiger partial charge < -0.3 is 16.4 Å². The second-order valence-electron chi connectivity index (χ2n) is 4.93. The van der Waals surface area contributed by atoms with Gasteiger partial charge in [-0.15, -0.1) is 24.0 Å². The Balaban J connectivity index is 0.00000288. The highest BCUT2D eigenvalue weighted by atomic mass is 127. The number of hydrogen-bond donors (Lipinski definition) is 3. The van der Waals surface area contributed by atoms with Gasteiger partial charge in [0.15, 0.2) is 5.96 Å². The number of nitrogens with zero attached hydrogens (tertiary/aromatic N) is 1. The molecule has 0 aromatic heterocycles. The topological polar surface area (TPSA) is 79.5 Å². The van der Waals surface area contributed by atoms with Crippen molar-refractivity contribution >= 4 is 35.8 Å². The molecule has 0 radical (unpaired) electrons. The molecule has 2 rings (SSSR count). The first kappa shape index (κ1) is 19.9. The third-order valence-electron chi connectivity index (χ3n) is 3.33. The Morgan fingerprint density at radius 2 is 1.71 bits per heavy atom. The number of amides is 1. The fourth-order valence-electron chi connectivity index (χ4n) is 2.01. The van der Waals surface area contributed by atoms with Crippen molar-refractivity contribution in [2.75, 3.05) is 7.05 Å². The minimum atomic E-state index is -0.452. The summed E-state index contributed by atoms with van der Waals surface area (Å²) in [7, 11) is 1.65. The molecule has 1 amide bonds. The van der Waals surface area contributed by atoms with E-state index in [1.54, 1.807) is 37.4 Å². The molecular formula is C17H20FIN4O. The Kier molecular flexibility index (Phi) is 8.17. The molecule has 0 fully saturated rings. The Morgan fingerprint density at radius 1 is 1.08 bits per heavy atom. The zero-order chi connectivity index (χ0) is 16.7. The van der Waals surface area contributed by atoms with E-state index in [1.165, 1.54) is 6.07 Å². The van der Waals surface area contributed by atoms with Crippen LogP contribution >= 0.6 is 24.0 Å². The predicted molar refractivity (Wildman–Crippen MR) is 104 cm³/mol. The summed E-state index contributed by atoms with van der Waals surface area (Å²) >= 11 is 0. The first-order valence-electron chi connectivity index (χ1n) is 7.17. The number of primary amides is 1. The summed E-state index contributed by atoms with van der Waals surface area (Å²) in [5, 5.41) is 6.18. The molecule has 5 nitrogen and oxygen atoms in total. The molecule has 0 saturated heterocycles. The molecule has 0 saturated carbocycles. The molecule has 2 aromatic carbocycles. The first-order valence-corrected chi connectivity index (χ1v) is 7.17. The van der Waals surface area contributed by atoms with Gasteiger partial charge in [-0.05, 0) is 23.8 Å². The molecule has 0 aliphatic carbocycles. The monoisotopic (exact) mass is 442 g/mol. The van der Waals surface area contributed by atoms with Crippen LogP contribution in [0.3, 0.4) is 0 Å². The number of nitrogens with two attached hydrogens (primary N) is 1. The van der Waals surface area contributed by atoms with Crippen molar-refractivity contribution in [3.8, 4) is 0 Å². The van der Waals surface area contributed by atoms with Crippen LogP contribution in [0.1, 0.15) is 21.5 Å². The third kappa shape index (κ3) is 5.80. The van der Waals surface area contributed by atoms with Gasteiger partial charge in [-0.1, -0.05) is 30.3 Å². The Morgan fingerprint density at radius 3 is 2.29 bits per heavy atom. The molecule has 2 aromatic rings. The van der Waals surface area contributed by atoms with E-state index in [0.717, 1.165) is 5.56 Å². The maximum absolute atomic E-state index is 13.6. The number of halogens is 2. The lowest BCUT2D eigenvalue weighted by Gasteiger charge is -2.12. The molecule has 0 unspecified atom stereocenters. The molecule has 0 aliphatic rings. The highest BCUT2D eigenvalue weighted by Crippen LogP contribution is 2.06. The Labute approximate surface area is 157 Å². The summed E-state index contributed by atoms with van der Waals surface area (Å²) in [6.07, 6.45) is 0. The number of aliphatic imine (C=N–C) groups is 1. The highest BCUT2D eigenvalue weighted by molar-refractivity contribution is 14.0. The van der Waals surface area contributed by atoms with Gasteiger partial charge >= 0.3 is 0 Å². The van der Waals surface area contributed by atoms with Crippen LogP contribution < -0.4 is 16.4 Å². The van der Waals surface area contributed by atoms with Gasteiger partial charge in [0.1, 0.15) is 5.82 Å². The van der Waals surface area contributed by atoms with E-state index in [1.807, 2.05) is 12.1 Å². The maximum atomic E-state index is 13.6. The number of carbonyl (C=O) groups is 1. The number of benzene rings is 2. The lowest BCUT2D eigenvalue weighted by atomic mass is 10.1. The molecule has 0 atom stereocenters. The Hall–Kier alpha value is -2.16. The van der Waals surface area contributed by atoms with Crippen molar-refractivity contribution < 1.29 is 9.18 Å². The molecule has 0 heterocycles. The smallest absolute Gasteiger partial charge is 0.248 e. The van der Waals surface area contributed by atoms with Crippen molar-refractivity contribution in [2.45, 2.75) is 13.1 Å². The molecule has 24 heavy (non-hydrogen) atoms. The molecular weight excluding hydrogens is 422 g/mol. The average molecular weight is 442 g/mol. The second kappa shape index (κ2) is 9.86. The van der Waals surface area contributed by atoms with E-state index in [4.69, 9.17) is 5.73 Å². The lowest BCUT2D eigenvalue weighted by molar-refractivity contribution is 0.100. The molecule has 7 heteroatoms. The van der Waals surface area contributed by atoms with Crippen molar-refractivity contribution in [3.63, 3.8) is 0 Å². The van der Waals surface area contributed by atoms with E-state index in [-0.39, 0.29) is 29.8 Å². The normalized spacial score (nSPS) is 10.7. The first-order chi connectivity index (χ1) is 11.1. The number of guanidine groups is 1. The molecule has 0 spiro atoms. The van der Waals surface area contributed by atoms with Gasteiger partial charge in [0.05, 0.1) is 0 Å². The molecule has 0 aliphatic heterocycles. The number of nitrogens with one attached hydrogen (secondary N) is 2. The summed E-state index contributed by atoms with van der Waals surface area (Å²) in [5.74, 6) is -0.142. The minimum absolute atomic E-state index is 0. The van der Waals surface area contributed by atoms with E-state index in [0.29, 0.717) is 30.2 Å². The zero-order valence-electron chi connectivity index (χ0n) is 13.3. The third-order valence-corrected chi connectivity index (χ3v) is 3.33. The van der Waals surface area contributed by atoms with Crippen LogP contribution in [0, 0.1) is 5.82 Å². The average Bonchev–Trinajstić information content (AvgIpc) is 2.57. The van der Waals surface area contributed by atoms with Crippen molar-refractivity contribution in [3.05, 3.63) is 71.0 Å². The van der Waals surface area contributed by atoms with Crippen LogP contribution in [0.15, 0.2) is 53.5 Å². The SMILES string of the molecule is CN=C(NCc1ccc(C(N)=O)cc1)NCc1ccccc1F.I. The summed E-state index contributed by atoms with van der Waals surface area (Å²) in [4.78, 5) is 15.1. The van der Waals surface area contributed by atoms with E-state index >= 15 is 0 Å². The largest absolute Gasteiger partial charge is 0.366 e. The molecule has 128 valence electrons. The fourth-order valence-corrected chi connectivity index (χ4v) is 2.01. The quantitative estimate of drug-likeness (QED) is 0.378. The van der Waals surface area contributed by atoms with Gasteiger partial charge in [0, 0.05) is 31.3 Å². The number of rotatable bonds is 5. The summed E-state index contributed by atoms with van der Waals surface area (Å²) in [6.45, 7) is 0.864. The Bertz CT molecular complexity index is 704. The number of hydrogen-bond acceptors (Lipinski definition) is 2. The maximum Gasteiger partial charge on any atom is 0.248 e. The number of carbonyl (C=O) groups excluding carboxylic acids is 1. The van der Waals surface area contributed by atoms with Gasteiger partial charge in [-0.25, -0.2) is 4.39 Å². The van der Waals surface area contributed by atoms with Crippen molar-refractivity contribution in [1.29, 1.82) is 0 Å². The second-order valence-corrected chi connectivity index (χ2v) is 4.93. The molecule has 4 N–H and O–H groups in total. The van der Waals surface area contributed by atoms with Crippen LogP contribution in [-0.4, -0.2) is 18.9 Å². The van der Waals surface area contributed by atoms with E-state index in [9.17, 15) is 9.18 Å². The van der Waals surface area contributed by atoms with Gasteiger partial charge in [0.25, 0.3) is 0 Å². The van der Waals surface area contributed by atoms with Crippen molar-refractivity contribution in [1.82, 2.24) is 10.6 Å². The highest BCUT2D eigenvalue weighted by Gasteiger charge is 2.03. The van der Waals surface area contributed by atoms with Crippen LogP contribution in [-0.2, 0) is 13.1 Å². The van der Waals surface area contributed by atoms with Gasteiger partial charge in [0.2, 0.25) is 5.91 Å². The standard InChI is InChI=1S/C17H19FN4O.HI/c1-20-17(22-11-14-4-2-3-5-15(14)18)21-10-12-6-8-13(9-7-12)16(19)23;/h2-9H,10-11H2,1H3,(H2,19,23)(H2,20,21,22);1H. The van der Waals surface area contributed by atoms with Crippen molar-refractivity contribution in [2.24, 2.45) is 10.7 Å². The molecule has 0 bridgehead atoms. The predicted octanol–water partition coefficient (Wildman–Crippen LogP) is 2.41. The minimum Gasteiger partial charge on any atom is -0.366 e. The zero-order valence-corrected chi connectivity index (χ0v) is 15.6. The van der Waals surface area contributed by atoms with Crippen LogP contribution in [0.25, 0.3) is 0 Å². The van der Waals surface area contributed by atoms with Crippen LogP contribution in [0.2, 0.25) is 0 Å². The van der Waals surface area contributed by atoms with Crippen LogP contribution in [0.5, 0.6) is 0 Å². The lowest BCUT2D eigenvalue weighted by Crippen LogP contribution is -2.36. The summed E-state index contributed by atoms with van der Waals surface area (Å²) < 4.78 is 13.6. The van der Waals surface area contributed by atoms with Crippen LogP contribution in [0.4, 0.5) is 4.39 Å². The summed E-state index contributed by atoms with van der Waals surface area (Å²) in [5.41, 5.74) is 7.21. The fraction of sp³-hybridized carbons (Fsp3) is 0.176.